The number of ether oxygens (including phenoxy) is 3. The van der Waals surface area contributed by atoms with Crippen molar-refractivity contribution in [2.24, 2.45) is 5.92 Å². The fourth-order valence-corrected chi connectivity index (χ4v) is 4.50. The van der Waals surface area contributed by atoms with Crippen LogP contribution in [0.1, 0.15) is 54.6 Å². The largest absolute Gasteiger partial charge is 0.462 e. The van der Waals surface area contributed by atoms with E-state index in [1.54, 1.807) is 43.3 Å². The number of carbonyl (C=O) groups excluding carboxylic acids is 4. The van der Waals surface area contributed by atoms with Crippen LogP contribution in [-0.2, 0) is 23.9 Å². The Bertz CT molecular complexity index is 1410. The highest BCUT2D eigenvalue weighted by atomic mass is 16.5. The molecule has 0 unspecified atom stereocenters. The molecule has 3 aromatic carbocycles. The van der Waals surface area contributed by atoms with E-state index >= 15 is 0 Å². The van der Waals surface area contributed by atoms with Crippen molar-refractivity contribution in [1.29, 1.82) is 0 Å². The Morgan fingerprint density at radius 3 is 2.34 bits per heavy atom. The third-order valence-electron chi connectivity index (χ3n) is 6.65. The zero-order chi connectivity index (χ0) is 29.5. The summed E-state index contributed by atoms with van der Waals surface area (Å²) in [7, 11) is 0. The highest BCUT2D eigenvalue weighted by molar-refractivity contribution is 6.00. The van der Waals surface area contributed by atoms with Gasteiger partial charge in [0.05, 0.1) is 18.1 Å². The zero-order valence-corrected chi connectivity index (χ0v) is 23.6. The van der Waals surface area contributed by atoms with Gasteiger partial charge < -0.3 is 24.4 Å². The lowest BCUT2D eigenvalue weighted by molar-refractivity contribution is -0.151. The first kappa shape index (κ1) is 29.3. The highest BCUT2D eigenvalue weighted by Gasteiger charge is 2.36. The van der Waals surface area contributed by atoms with Crippen molar-refractivity contribution in [2.75, 3.05) is 30.0 Å². The van der Waals surface area contributed by atoms with E-state index in [4.69, 9.17) is 14.2 Å². The van der Waals surface area contributed by atoms with E-state index in [9.17, 15) is 19.2 Å². The summed E-state index contributed by atoms with van der Waals surface area (Å²) in [5, 5.41) is 2.61. The van der Waals surface area contributed by atoms with Gasteiger partial charge in [0.25, 0.3) is 5.91 Å². The Morgan fingerprint density at radius 1 is 0.976 bits per heavy atom. The van der Waals surface area contributed by atoms with Crippen LogP contribution in [0.4, 0.5) is 11.4 Å². The predicted octanol–water partition coefficient (Wildman–Crippen LogP) is 5.62. The number of amides is 2. The first-order valence-electron chi connectivity index (χ1n) is 13.6. The van der Waals surface area contributed by atoms with Gasteiger partial charge in [-0.15, -0.1) is 0 Å². The standard InChI is InChI=1S/C32H34N2O7/c1-5-39-31(37)22-7-9-24(10-8-22)33-29(35)19-40-32(38)23-17-30(36)34(18-23)25-11-13-26(14-12-25)41-28-16-21(4)6-15-27(28)20(2)3/h6-16,20,23H,5,17-19H2,1-4H3,(H,33,35)/t23-/m0/s1. The van der Waals surface area contributed by atoms with Gasteiger partial charge in [0.1, 0.15) is 11.5 Å². The van der Waals surface area contributed by atoms with Gasteiger partial charge in [-0.25, -0.2) is 4.79 Å². The Morgan fingerprint density at radius 2 is 1.68 bits per heavy atom. The molecule has 1 N–H and O–H groups in total. The molecule has 41 heavy (non-hydrogen) atoms. The van der Waals surface area contributed by atoms with Crippen molar-refractivity contribution in [1.82, 2.24) is 0 Å². The van der Waals surface area contributed by atoms with Gasteiger partial charge in [-0.3, -0.25) is 14.4 Å². The van der Waals surface area contributed by atoms with Crippen molar-refractivity contribution >= 4 is 35.1 Å². The van der Waals surface area contributed by atoms with Gasteiger partial charge in [0, 0.05) is 24.3 Å². The van der Waals surface area contributed by atoms with E-state index in [1.807, 2.05) is 13.0 Å². The van der Waals surface area contributed by atoms with Crippen LogP contribution in [-0.4, -0.2) is 43.5 Å². The van der Waals surface area contributed by atoms with Crippen molar-refractivity contribution < 1.29 is 33.4 Å². The van der Waals surface area contributed by atoms with E-state index in [0.29, 0.717) is 28.6 Å². The molecule has 0 radical (unpaired) electrons. The van der Waals surface area contributed by atoms with Crippen LogP contribution in [0.2, 0.25) is 0 Å². The molecule has 1 fully saturated rings. The molecule has 1 heterocycles. The summed E-state index contributed by atoms with van der Waals surface area (Å²) in [4.78, 5) is 50.9. The van der Waals surface area contributed by atoms with Gasteiger partial charge in [-0.05, 0) is 85.5 Å². The molecule has 1 aliphatic rings. The smallest absolute Gasteiger partial charge is 0.338 e. The molecule has 9 heteroatoms. The van der Waals surface area contributed by atoms with Crippen LogP contribution in [0, 0.1) is 12.8 Å². The molecule has 1 saturated heterocycles. The maximum Gasteiger partial charge on any atom is 0.338 e. The molecule has 3 aromatic rings. The van der Waals surface area contributed by atoms with Crippen LogP contribution in [0.25, 0.3) is 0 Å². The summed E-state index contributed by atoms with van der Waals surface area (Å²) in [6.45, 7) is 7.88. The van der Waals surface area contributed by atoms with Crippen molar-refractivity contribution in [3.05, 3.63) is 83.4 Å². The predicted molar refractivity (Wildman–Crippen MR) is 154 cm³/mol. The second kappa shape index (κ2) is 13.1. The third-order valence-corrected chi connectivity index (χ3v) is 6.65. The van der Waals surface area contributed by atoms with E-state index in [-0.39, 0.29) is 25.5 Å². The number of esters is 2. The molecule has 0 spiro atoms. The van der Waals surface area contributed by atoms with Crippen LogP contribution in [0.5, 0.6) is 11.5 Å². The lowest BCUT2D eigenvalue weighted by Gasteiger charge is -2.18. The van der Waals surface area contributed by atoms with Crippen molar-refractivity contribution in [3.63, 3.8) is 0 Å². The average molecular weight is 559 g/mol. The fourth-order valence-electron chi connectivity index (χ4n) is 4.50. The number of carbonyl (C=O) groups is 4. The molecule has 4 rings (SSSR count). The van der Waals surface area contributed by atoms with Crippen LogP contribution < -0.4 is 15.0 Å². The Kier molecular flexibility index (Phi) is 9.39. The summed E-state index contributed by atoms with van der Waals surface area (Å²) in [6.07, 6.45) is -0.00489. The second-order valence-corrected chi connectivity index (χ2v) is 10.2. The number of benzene rings is 3. The maximum atomic E-state index is 12.7. The maximum absolute atomic E-state index is 12.7. The molecule has 1 atom stereocenters. The summed E-state index contributed by atoms with van der Waals surface area (Å²) in [5.41, 5.74) is 3.66. The van der Waals surface area contributed by atoms with Crippen LogP contribution >= 0.6 is 0 Å². The molecule has 0 aromatic heterocycles. The average Bonchev–Trinajstić information content (AvgIpc) is 3.34. The minimum atomic E-state index is -0.684. The first-order valence-corrected chi connectivity index (χ1v) is 13.6. The van der Waals surface area contributed by atoms with Crippen LogP contribution in [0.15, 0.2) is 66.7 Å². The lowest BCUT2D eigenvalue weighted by Crippen LogP contribution is -2.28. The first-order chi connectivity index (χ1) is 19.6. The molecule has 0 bridgehead atoms. The topological polar surface area (TPSA) is 111 Å². The normalized spacial score (nSPS) is 14.6. The number of hydrogen-bond acceptors (Lipinski definition) is 7. The fraction of sp³-hybridized carbons (Fsp3) is 0.312. The molecular formula is C32H34N2O7. The van der Waals surface area contributed by atoms with Gasteiger partial charge in [0.2, 0.25) is 5.91 Å². The summed E-state index contributed by atoms with van der Waals surface area (Å²) in [6, 6.07) is 19.5. The molecule has 1 aliphatic heterocycles. The van der Waals surface area contributed by atoms with E-state index < -0.39 is 30.4 Å². The van der Waals surface area contributed by atoms with Crippen LogP contribution in [0.3, 0.4) is 0 Å². The summed E-state index contributed by atoms with van der Waals surface area (Å²) < 4.78 is 16.3. The molecule has 214 valence electrons. The van der Waals surface area contributed by atoms with Gasteiger partial charge in [-0.1, -0.05) is 26.0 Å². The third kappa shape index (κ3) is 7.51. The molecular weight excluding hydrogens is 524 g/mol. The number of anilines is 2. The highest BCUT2D eigenvalue weighted by Crippen LogP contribution is 2.33. The van der Waals surface area contributed by atoms with E-state index in [0.717, 1.165) is 16.9 Å². The molecule has 0 aliphatic carbocycles. The Labute approximate surface area is 239 Å². The monoisotopic (exact) mass is 558 g/mol. The van der Waals surface area contributed by atoms with E-state index in [2.05, 4.69) is 31.3 Å². The lowest BCUT2D eigenvalue weighted by atomic mass is 10.0. The Balaban J connectivity index is 1.29. The number of aryl methyl sites for hydroxylation is 1. The summed E-state index contributed by atoms with van der Waals surface area (Å²) >= 11 is 0. The molecule has 0 saturated carbocycles. The van der Waals surface area contributed by atoms with Crippen molar-refractivity contribution in [2.45, 2.75) is 40.0 Å². The van der Waals surface area contributed by atoms with Crippen molar-refractivity contribution in [3.8, 4) is 11.5 Å². The van der Waals surface area contributed by atoms with E-state index in [1.165, 1.54) is 17.0 Å². The SMILES string of the molecule is CCOC(=O)c1ccc(NC(=O)COC(=O)[C@H]2CC(=O)N(c3ccc(Oc4cc(C)ccc4C(C)C)cc3)C2)cc1. The Hall–Kier alpha value is -4.66. The number of rotatable bonds is 10. The molecule has 9 nitrogen and oxygen atoms in total. The second-order valence-electron chi connectivity index (χ2n) is 10.2. The molecule has 2 amide bonds. The van der Waals surface area contributed by atoms with Gasteiger partial charge >= 0.3 is 11.9 Å². The number of hydrogen-bond donors (Lipinski definition) is 1. The van der Waals surface area contributed by atoms with Gasteiger partial charge in [-0.2, -0.15) is 0 Å². The number of nitrogens with one attached hydrogen (secondary N) is 1. The minimum absolute atomic E-state index is 0.00489. The number of nitrogens with zero attached hydrogens (tertiary/aromatic N) is 1. The minimum Gasteiger partial charge on any atom is -0.462 e. The quantitative estimate of drug-likeness (QED) is 0.322. The summed E-state index contributed by atoms with van der Waals surface area (Å²) in [5.74, 6) is -0.743. The zero-order valence-electron chi connectivity index (χ0n) is 23.6. The van der Waals surface area contributed by atoms with Gasteiger partial charge in [0.15, 0.2) is 6.61 Å².